The fraction of sp³-hybridized carbons (Fsp3) is 0.833. The Hall–Kier alpha value is -0.950. The lowest BCUT2D eigenvalue weighted by Crippen LogP contribution is -2.54. The number of urea groups is 1. The van der Waals surface area contributed by atoms with Crippen LogP contribution in [0.15, 0.2) is 0 Å². The molecule has 1 heterocycles. The molecule has 1 aliphatic heterocycles. The predicted molar refractivity (Wildman–Crippen MR) is 72.4 cm³/mol. The van der Waals surface area contributed by atoms with Gasteiger partial charge >= 0.3 is 12.0 Å². The van der Waals surface area contributed by atoms with Gasteiger partial charge in [-0.1, -0.05) is 0 Å². The molecule has 2 fully saturated rings. The second-order valence-corrected chi connectivity index (χ2v) is 6.02. The Morgan fingerprint density at radius 2 is 2.21 bits per heavy atom. The topological polar surface area (TPSA) is 78.9 Å². The molecular weight excluding hydrogens is 268 g/mol. The van der Waals surface area contributed by atoms with Gasteiger partial charge in [-0.3, -0.25) is 0 Å². The van der Waals surface area contributed by atoms with Gasteiger partial charge in [0.05, 0.1) is 6.61 Å². The van der Waals surface area contributed by atoms with Crippen LogP contribution in [0.1, 0.15) is 12.8 Å². The maximum Gasteiger partial charge on any atom is 0.327 e. The van der Waals surface area contributed by atoms with Crippen molar-refractivity contribution in [2.75, 3.05) is 37.8 Å². The quantitative estimate of drug-likeness (QED) is 0.701. The Bertz CT molecular complexity index is 336. The maximum absolute atomic E-state index is 11.9. The van der Waals surface area contributed by atoms with Gasteiger partial charge in [0.15, 0.2) is 0 Å². The van der Waals surface area contributed by atoms with Gasteiger partial charge in [-0.2, -0.15) is 11.8 Å². The number of ether oxygens (including phenoxy) is 1. The molecule has 0 aromatic rings. The van der Waals surface area contributed by atoms with Crippen molar-refractivity contribution in [3.05, 3.63) is 0 Å². The highest BCUT2D eigenvalue weighted by Crippen LogP contribution is 2.28. The zero-order chi connectivity index (χ0) is 13.7. The third-order valence-corrected chi connectivity index (χ3v) is 4.27. The van der Waals surface area contributed by atoms with Gasteiger partial charge in [-0.15, -0.1) is 0 Å². The number of carboxylic acid groups (broad SMARTS) is 1. The smallest absolute Gasteiger partial charge is 0.327 e. The monoisotopic (exact) mass is 288 g/mol. The van der Waals surface area contributed by atoms with Gasteiger partial charge in [0.2, 0.25) is 0 Å². The second-order valence-electron chi connectivity index (χ2n) is 4.87. The molecule has 0 aromatic carbocycles. The number of carbonyl (C=O) groups is 2. The van der Waals surface area contributed by atoms with Crippen molar-refractivity contribution in [3.63, 3.8) is 0 Å². The average molecular weight is 288 g/mol. The van der Waals surface area contributed by atoms with Crippen molar-refractivity contribution >= 4 is 23.8 Å². The van der Waals surface area contributed by atoms with Gasteiger partial charge in [0.25, 0.3) is 0 Å². The molecule has 2 rings (SSSR count). The molecule has 7 heteroatoms. The van der Waals surface area contributed by atoms with E-state index in [0.29, 0.717) is 31.4 Å². The van der Waals surface area contributed by atoms with Gasteiger partial charge in [-0.25, -0.2) is 9.59 Å². The number of nitrogens with zero attached hydrogens (tertiary/aromatic N) is 1. The summed E-state index contributed by atoms with van der Waals surface area (Å²) in [5.74, 6) is 1.02. The van der Waals surface area contributed by atoms with Gasteiger partial charge in [0.1, 0.15) is 6.04 Å². The highest BCUT2D eigenvalue weighted by molar-refractivity contribution is 7.99. The highest BCUT2D eigenvalue weighted by Gasteiger charge is 2.32. The van der Waals surface area contributed by atoms with E-state index in [0.717, 1.165) is 12.4 Å². The SMILES string of the molecule is O=C(O)C1CSCCN1C(=O)NCCOCC1CC1. The second kappa shape index (κ2) is 7.00. The van der Waals surface area contributed by atoms with E-state index < -0.39 is 12.0 Å². The Morgan fingerprint density at radius 1 is 1.42 bits per heavy atom. The van der Waals surface area contributed by atoms with Crippen LogP contribution in [0, 0.1) is 5.92 Å². The molecule has 1 atom stereocenters. The highest BCUT2D eigenvalue weighted by atomic mass is 32.2. The molecule has 19 heavy (non-hydrogen) atoms. The van der Waals surface area contributed by atoms with Crippen molar-refractivity contribution in [2.45, 2.75) is 18.9 Å². The van der Waals surface area contributed by atoms with Gasteiger partial charge in [0, 0.05) is 31.2 Å². The molecule has 0 radical (unpaired) electrons. The number of thioether (sulfide) groups is 1. The Labute approximate surface area is 116 Å². The van der Waals surface area contributed by atoms with Crippen LogP contribution in [0.4, 0.5) is 4.79 Å². The molecule has 108 valence electrons. The Morgan fingerprint density at radius 3 is 2.89 bits per heavy atom. The van der Waals surface area contributed by atoms with Crippen LogP contribution in [0.3, 0.4) is 0 Å². The summed E-state index contributed by atoms with van der Waals surface area (Å²) in [6.45, 7) is 2.18. The predicted octanol–water partition coefficient (Wildman–Crippen LogP) is 0.625. The molecule has 1 saturated heterocycles. The molecular formula is C12H20N2O4S. The van der Waals surface area contributed by atoms with E-state index >= 15 is 0 Å². The van der Waals surface area contributed by atoms with Gasteiger partial charge < -0.3 is 20.1 Å². The summed E-state index contributed by atoms with van der Waals surface area (Å²) in [5.41, 5.74) is 0. The summed E-state index contributed by atoms with van der Waals surface area (Å²) in [5, 5.41) is 11.8. The van der Waals surface area contributed by atoms with Crippen LogP contribution in [0.5, 0.6) is 0 Å². The zero-order valence-electron chi connectivity index (χ0n) is 10.8. The van der Waals surface area contributed by atoms with Crippen molar-refractivity contribution in [1.82, 2.24) is 10.2 Å². The number of aliphatic carboxylic acids is 1. The van der Waals surface area contributed by atoms with Gasteiger partial charge in [-0.05, 0) is 18.8 Å². The minimum Gasteiger partial charge on any atom is -0.480 e. The normalized spacial score (nSPS) is 23.2. The molecule has 1 saturated carbocycles. The van der Waals surface area contributed by atoms with Crippen LogP contribution in [0.25, 0.3) is 0 Å². The summed E-state index contributed by atoms with van der Waals surface area (Å²) in [6, 6.07) is -1.02. The third kappa shape index (κ3) is 4.58. The van der Waals surface area contributed by atoms with Crippen molar-refractivity contribution in [1.29, 1.82) is 0 Å². The summed E-state index contributed by atoms with van der Waals surface area (Å²) >= 11 is 1.57. The fourth-order valence-corrected chi connectivity index (χ4v) is 2.96. The number of hydrogen-bond acceptors (Lipinski definition) is 4. The van der Waals surface area contributed by atoms with Crippen molar-refractivity contribution in [2.24, 2.45) is 5.92 Å². The van der Waals surface area contributed by atoms with Crippen LogP contribution >= 0.6 is 11.8 Å². The number of nitrogens with one attached hydrogen (secondary N) is 1. The number of rotatable bonds is 6. The van der Waals surface area contributed by atoms with E-state index in [4.69, 9.17) is 9.84 Å². The first-order chi connectivity index (χ1) is 9.18. The minimum absolute atomic E-state index is 0.303. The molecule has 0 aromatic heterocycles. The number of carboxylic acids is 1. The Balaban J connectivity index is 1.66. The maximum atomic E-state index is 11.9. The van der Waals surface area contributed by atoms with Crippen LogP contribution in [-0.4, -0.2) is 65.9 Å². The lowest BCUT2D eigenvalue weighted by molar-refractivity contribution is -0.141. The first kappa shape index (κ1) is 14.5. The first-order valence-corrected chi connectivity index (χ1v) is 7.76. The fourth-order valence-electron chi connectivity index (χ4n) is 1.92. The molecule has 0 spiro atoms. The largest absolute Gasteiger partial charge is 0.480 e. The third-order valence-electron chi connectivity index (χ3n) is 3.25. The van der Waals surface area contributed by atoms with Crippen LogP contribution in [0.2, 0.25) is 0 Å². The summed E-state index contributed by atoms with van der Waals surface area (Å²) in [7, 11) is 0. The molecule has 1 unspecified atom stereocenters. The lowest BCUT2D eigenvalue weighted by atomic mass is 10.3. The lowest BCUT2D eigenvalue weighted by Gasteiger charge is -2.32. The zero-order valence-corrected chi connectivity index (χ0v) is 11.7. The molecule has 1 aliphatic carbocycles. The summed E-state index contributed by atoms with van der Waals surface area (Å²) in [6.07, 6.45) is 2.50. The number of amides is 2. The van der Waals surface area contributed by atoms with E-state index in [9.17, 15) is 9.59 Å². The summed E-state index contributed by atoms with van der Waals surface area (Å²) < 4.78 is 5.42. The first-order valence-electron chi connectivity index (χ1n) is 6.61. The summed E-state index contributed by atoms with van der Waals surface area (Å²) in [4.78, 5) is 24.4. The standard InChI is InChI=1S/C12H20N2O4S/c15-11(16)10-8-19-6-4-14(10)12(17)13-3-5-18-7-9-1-2-9/h9-10H,1-8H2,(H,13,17)(H,15,16). The number of carbonyl (C=O) groups excluding carboxylic acids is 1. The Kier molecular flexibility index (Phi) is 5.33. The minimum atomic E-state index is -0.938. The van der Waals surface area contributed by atoms with Crippen LogP contribution < -0.4 is 5.32 Å². The van der Waals surface area contributed by atoms with Crippen molar-refractivity contribution in [3.8, 4) is 0 Å². The van der Waals surface area contributed by atoms with Crippen LogP contribution in [-0.2, 0) is 9.53 Å². The van der Waals surface area contributed by atoms with Crippen molar-refractivity contribution < 1.29 is 19.4 Å². The molecule has 0 bridgehead atoms. The molecule has 2 amide bonds. The number of hydrogen-bond donors (Lipinski definition) is 2. The van der Waals surface area contributed by atoms with E-state index in [1.54, 1.807) is 11.8 Å². The van der Waals surface area contributed by atoms with E-state index in [-0.39, 0.29) is 6.03 Å². The van der Waals surface area contributed by atoms with E-state index in [1.165, 1.54) is 17.7 Å². The molecule has 6 nitrogen and oxygen atoms in total. The average Bonchev–Trinajstić information content (AvgIpc) is 3.22. The van der Waals surface area contributed by atoms with E-state index in [2.05, 4.69) is 5.32 Å². The molecule has 2 aliphatic rings. The van der Waals surface area contributed by atoms with E-state index in [1.807, 2.05) is 0 Å². The molecule has 2 N–H and O–H groups in total.